The average Bonchev–Trinajstić information content (AvgIpc) is 3.33. The molecule has 31 heavy (non-hydrogen) atoms. The van der Waals surface area contributed by atoms with E-state index in [4.69, 9.17) is 9.47 Å². The molecule has 1 aromatic carbocycles. The number of methoxy groups -OCH3 is 1. The Labute approximate surface area is 178 Å². The van der Waals surface area contributed by atoms with Crippen LogP contribution >= 0.6 is 0 Å². The monoisotopic (exact) mass is 434 g/mol. The summed E-state index contributed by atoms with van der Waals surface area (Å²) < 4.78 is 52.0. The summed E-state index contributed by atoms with van der Waals surface area (Å²) in [4.78, 5) is 6.50. The SMILES string of the molecule is COCCOc1cccc(CN2CCC[C@H]2c2cc3nc(C)cc(C(F)(F)F)n3n2)c1. The molecule has 0 bridgehead atoms. The first kappa shape index (κ1) is 21.6. The van der Waals surface area contributed by atoms with Gasteiger partial charge in [-0.25, -0.2) is 9.50 Å². The van der Waals surface area contributed by atoms with Crippen LogP contribution in [0.5, 0.6) is 5.75 Å². The summed E-state index contributed by atoms with van der Waals surface area (Å²) in [6.07, 6.45) is -2.69. The van der Waals surface area contributed by atoms with Crippen LogP contribution in [-0.4, -0.2) is 46.4 Å². The van der Waals surface area contributed by atoms with Gasteiger partial charge in [0, 0.05) is 25.4 Å². The smallest absolute Gasteiger partial charge is 0.433 e. The summed E-state index contributed by atoms with van der Waals surface area (Å²) >= 11 is 0. The van der Waals surface area contributed by atoms with Crippen LogP contribution in [0.4, 0.5) is 13.2 Å². The maximum atomic E-state index is 13.5. The van der Waals surface area contributed by atoms with Gasteiger partial charge in [-0.3, -0.25) is 4.90 Å². The van der Waals surface area contributed by atoms with E-state index in [2.05, 4.69) is 15.0 Å². The lowest BCUT2D eigenvalue weighted by Gasteiger charge is -2.23. The molecule has 2 aromatic heterocycles. The first-order valence-electron chi connectivity index (χ1n) is 10.2. The van der Waals surface area contributed by atoms with E-state index >= 15 is 0 Å². The molecule has 3 heterocycles. The minimum Gasteiger partial charge on any atom is -0.491 e. The number of benzene rings is 1. The lowest BCUT2D eigenvalue weighted by molar-refractivity contribution is -0.142. The number of fused-ring (bicyclic) bond motifs is 1. The van der Waals surface area contributed by atoms with Gasteiger partial charge in [-0.15, -0.1) is 0 Å². The normalized spacial score (nSPS) is 17.5. The van der Waals surface area contributed by atoms with E-state index in [-0.39, 0.29) is 11.7 Å². The summed E-state index contributed by atoms with van der Waals surface area (Å²) in [7, 11) is 1.63. The molecule has 0 radical (unpaired) electrons. The van der Waals surface area contributed by atoms with Gasteiger partial charge in [0.15, 0.2) is 5.65 Å². The fourth-order valence-electron chi connectivity index (χ4n) is 4.04. The fraction of sp³-hybridized carbons (Fsp3) is 0.455. The Morgan fingerprint density at radius 2 is 2.00 bits per heavy atom. The van der Waals surface area contributed by atoms with Crippen LogP contribution in [0.3, 0.4) is 0 Å². The third-order valence-corrected chi connectivity index (χ3v) is 5.41. The molecule has 1 aliphatic rings. The van der Waals surface area contributed by atoms with Crippen LogP contribution in [0.2, 0.25) is 0 Å². The zero-order valence-electron chi connectivity index (χ0n) is 17.5. The molecule has 3 aromatic rings. The highest BCUT2D eigenvalue weighted by Gasteiger charge is 2.36. The number of nitrogens with zero attached hydrogens (tertiary/aromatic N) is 4. The second-order valence-corrected chi connectivity index (χ2v) is 7.74. The van der Waals surface area contributed by atoms with Crippen molar-refractivity contribution in [3.05, 3.63) is 59.0 Å². The molecule has 166 valence electrons. The van der Waals surface area contributed by atoms with Gasteiger partial charge >= 0.3 is 6.18 Å². The molecule has 9 heteroatoms. The van der Waals surface area contributed by atoms with E-state index in [1.54, 1.807) is 20.1 Å². The van der Waals surface area contributed by atoms with Gasteiger partial charge in [0.2, 0.25) is 0 Å². The van der Waals surface area contributed by atoms with Gasteiger partial charge in [-0.1, -0.05) is 12.1 Å². The fourth-order valence-corrected chi connectivity index (χ4v) is 4.04. The molecule has 0 saturated carbocycles. The number of rotatable bonds is 7. The van der Waals surface area contributed by atoms with Crippen LogP contribution in [0, 0.1) is 6.92 Å². The van der Waals surface area contributed by atoms with Crippen molar-refractivity contribution in [1.82, 2.24) is 19.5 Å². The lowest BCUT2D eigenvalue weighted by atomic mass is 10.1. The molecular weight excluding hydrogens is 409 g/mol. The van der Waals surface area contributed by atoms with Crippen molar-refractivity contribution in [1.29, 1.82) is 0 Å². The first-order chi connectivity index (χ1) is 14.8. The largest absolute Gasteiger partial charge is 0.491 e. The summed E-state index contributed by atoms with van der Waals surface area (Å²) in [6, 6.07) is 10.5. The highest BCUT2D eigenvalue weighted by Crippen LogP contribution is 2.35. The van der Waals surface area contributed by atoms with Gasteiger partial charge in [-0.2, -0.15) is 18.3 Å². The molecule has 6 nitrogen and oxygen atoms in total. The average molecular weight is 434 g/mol. The molecule has 4 rings (SSSR count). The Balaban J connectivity index is 1.56. The molecule has 0 amide bonds. The van der Waals surface area contributed by atoms with Crippen LogP contribution in [0.15, 0.2) is 36.4 Å². The maximum absolute atomic E-state index is 13.5. The Morgan fingerprint density at radius 3 is 2.77 bits per heavy atom. The quantitative estimate of drug-likeness (QED) is 0.516. The lowest BCUT2D eigenvalue weighted by Crippen LogP contribution is -2.23. The van der Waals surface area contributed by atoms with Crippen molar-refractivity contribution in [2.24, 2.45) is 0 Å². The van der Waals surface area contributed by atoms with E-state index < -0.39 is 11.9 Å². The molecular formula is C22H25F3N4O2. The molecule has 0 unspecified atom stereocenters. The van der Waals surface area contributed by atoms with Crippen molar-refractivity contribution in [2.75, 3.05) is 26.9 Å². The predicted octanol–water partition coefficient (Wildman–Crippen LogP) is 4.42. The predicted molar refractivity (Wildman–Crippen MR) is 109 cm³/mol. The third-order valence-electron chi connectivity index (χ3n) is 5.41. The Morgan fingerprint density at radius 1 is 1.16 bits per heavy atom. The topological polar surface area (TPSA) is 51.9 Å². The third kappa shape index (κ3) is 4.83. The minimum absolute atomic E-state index is 0.0545. The molecule has 0 spiro atoms. The minimum atomic E-state index is -4.49. The number of hydrogen-bond acceptors (Lipinski definition) is 5. The Bertz CT molecular complexity index is 1050. The van der Waals surface area contributed by atoms with Crippen molar-refractivity contribution in [3.63, 3.8) is 0 Å². The number of ether oxygens (including phenoxy) is 2. The molecule has 0 aliphatic carbocycles. The standard InChI is InChI=1S/C22H25F3N4O2/c1-15-11-20(22(23,24)25)29-21(26-15)13-18(27-29)19-7-4-8-28(19)14-16-5-3-6-17(12-16)31-10-9-30-2/h3,5-6,11-13,19H,4,7-10,14H2,1-2H3/t19-/m0/s1. The van der Waals surface area contributed by atoms with Crippen LogP contribution in [0.25, 0.3) is 5.65 Å². The van der Waals surface area contributed by atoms with Crippen LogP contribution in [-0.2, 0) is 17.5 Å². The highest BCUT2D eigenvalue weighted by atomic mass is 19.4. The van der Waals surface area contributed by atoms with Gasteiger partial charge in [0.25, 0.3) is 0 Å². The van der Waals surface area contributed by atoms with Crippen molar-refractivity contribution < 1.29 is 22.6 Å². The maximum Gasteiger partial charge on any atom is 0.433 e. The summed E-state index contributed by atoms with van der Waals surface area (Å²) in [5.74, 6) is 0.771. The summed E-state index contributed by atoms with van der Waals surface area (Å²) in [5, 5.41) is 4.32. The van der Waals surface area contributed by atoms with E-state index in [0.29, 0.717) is 31.1 Å². The molecule has 1 fully saturated rings. The summed E-state index contributed by atoms with van der Waals surface area (Å²) in [5.41, 5.74) is 1.44. The zero-order chi connectivity index (χ0) is 22.0. The van der Waals surface area contributed by atoms with Crippen molar-refractivity contribution in [2.45, 2.75) is 38.5 Å². The molecule has 1 aliphatic heterocycles. The van der Waals surface area contributed by atoms with Gasteiger partial charge in [0.05, 0.1) is 18.3 Å². The summed E-state index contributed by atoms with van der Waals surface area (Å²) in [6.45, 7) is 4.07. The number of aromatic nitrogens is 3. The van der Waals surface area contributed by atoms with Crippen molar-refractivity contribution >= 4 is 5.65 Å². The molecule has 0 N–H and O–H groups in total. The molecule has 1 saturated heterocycles. The van der Waals surface area contributed by atoms with E-state index in [1.807, 2.05) is 24.3 Å². The van der Waals surface area contributed by atoms with E-state index in [0.717, 1.165) is 41.3 Å². The number of likely N-dealkylation sites (tertiary alicyclic amines) is 1. The van der Waals surface area contributed by atoms with Gasteiger partial charge in [-0.05, 0) is 50.1 Å². The van der Waals surface area contributed by atoms with Crippen LogP contribution in [0.1, 0.15) is 41.5 Å². The zero-order valence-corrected chi connectivity index (χ0v) is 17.5. The number of halogens is 3. The number of hydrogen-bond donors (Lipinski definition) is 0. The van der Waals surface area contributed by atoms with E-state index in [1.165, 1.54) is 0 Å². The highest BCUT2D eigenvalue weighted by molar-refractivity contribution is 5.43. The first-order valence-corrected chi connectivity index (χ1v) is 10.2. The Kier molecular flexibility index (Phi) is 6.15. The second-order valence-electron chi connectivity index (χ2n) is 7.74. The Hall–Kier alpha value is -2.65. The van der Waals surface area contributed by atoms with Gasteiger partial charge in [0.1, 0.15) is 18.1 Å². The molecule has 1 atom stereocenters. The van der Waals surface area contributed by atoms with E-state index in [9.17, 15) is 13.2 Å². The van der Waals surface area contributed by atoms with Crippen molar-refractivity contribution in [3.8, 4) is 5.75 Å². The van der Waals surface area contributed by atoms with Gasteiger partial charge < -0.3 is 9.47 Å². The second kappa shape index (κ2) is 8.84. The van der Waals surface area contributed by atoms with Crippen LogP contribution < -0.4 is 4.74 Å². The number of alkyl halides is 3. The number of aryl methyl sites for hydroxylation is 1.